The van der Waals surface area contributed by atoms with Crippen LogP contribution in [0.5, 0.6) is 0 Å². The Morgan fingerprint density at radius 3 is 2.70 bits per heavy atom. The molecule has 5 heteroatoms. The minimum atomic E-state index is -0.202. The van der Waals surface area contributed by atoms with Gasteiger partial charge < -0.3 is 4.90 Å². The molecule has 0 bridgehead atoms. The van der Waals surface area contributed by atoms with Crippen LogP contribution in [-0.4, -0.2) is 29.2 Å². The molecule has 0 aromatic carbocycles. The average molecular weight is 277 g/mol. The van der Waals surface area contributed by atoms with Crippen LogP contribution in [0.4, 0.5) is 5.69 Å². The van der Waals surface area contributed by atoms with Gasteiger partial charge in [0.05, 0.1) is 11.9 Å². The predicted molar refractivity (Wildman–Crippen MR) is 79.0 cm³/mol. The Hall–Kier alpha value is -1.65. The van der Waals surface area contributed by atoms with Gasteiger partial charge in [-0.05, 0) is 19.8 Å². The van der Waals surface area contributed by atoms with Gasteiger partial charge in [0.15, 0.2) is 5.78 Å². The van der Waals surface area contributed by atoms with Crippen LogP contribution in [0.3, 0.4) is 0 Å². The SMILES string of the molecule is CCN(C)c1cnn(CC(=O)C2CCCCC2)c(=O)c1. The molecule has 1 aliphatic carbocycles. The Kier molecular flexibility index (Phi) is 4.93. The van der Waals surface area contributed by atoms with E-state index in [0.29, 0.717) is 0 Å². The molecule has 20 heavy (non-hydrogen) atoms. The number of Topliss-reactive ketones (excluding diaryl/α,β-unsaturated/α-hetero) is 1. The van der Waals surface area contributed by atoms with E-state index in [1.807, 2.05) is 18.9 Å². The maximum Gasteiger partial charge on any atom is 0.269 e. The second-order valence-corrected chi connectivity index (χ2v) is 5.53. The van der Waals surface area contributed by atoms with Crippen LogP contribution in [0.1, 0.15) is 39.0 Å². The maximum absolute atomic E-state index is 12.2. The minimum absolute atomic E-state index is 0.111. The highest BCUT2D eigenvalue weighted by Crippen LogP contribution is 2.24. The first-order chi connectivity index (χ1) is 9.61. The number of anilines is 1. The molecule has 1 aliphatic rings. The summed E-state index contributed by atoms with van der Waals surface area (Å²) in [5.74, 6) is 0.270. The number of aromatic nitrogens is 2. The second kappa shape index (κ2) is 6.68. The van der Waals surface area contributed by atoms with E-state index in [9.17, 15) is 9.59 Å². The molecule has 1 aromatic rings. The highest BCUT2D eigenvalue weighted by Gasteiger charge is 2.21. The van der Waals surface area contributed by atoms with Crippen molar-refractivity contribution in [3.63, 3.8) is 0 Å². The molecule has 0 N–H and O–H groups in total. The molecule has 1 aromatic heterocycles. The van der Waals surface area contributed by atoms with Crippen LogP contribution < -0.4 is 10.5 Å². The van der Waals surface area contributed by atoms with Gasteiger partial charge in [-0.3, -0.25) is 9.59 Å². The zero-order valence-electron chi connectivity index (χ0n) is 12.3. The summed E-state index contributed by atoms with van der Waals surface area (Å²) in [5, 5.41) is 4.12. The lowest BCUT2D eigenvalue weighted by Gasteiger charge is -2.20. The van der Waals surface area contributed by atoms with Crippen molar-refractivity contribution in [2.75, 3.05) is 18.5 Å². The Labute approximate surface area is 119 Å². The van der Waals surface area contributed by atoms with E-state index < -0.39 is 0 Å². The third-order valence-corrected chi connectivity index (χ3v) is 4.14. The lowest BCUT2D eigenvalue weighted by molar-refractivity contribution is -0.124. The van der Waals surface area contributed by atoms with Crippen molar-refractivity contribution in [1.29, 1.82) is 0 Å². The van der Waals surface area contributed by atoms with Crippen molar-refractivity contribution in [2.45, 2.75) is 45.6 Å². The summed E-state index contributed by atoms with van der Waals surface area (Å²) in [4.78, 5) is 26.1. The van der Waals surface area contributed by atoms with E-state index in [0.717, 1.165) is 37.9 Å². The molecule has 1 saturated carbocycles. The summed E-state index contributed by atoms with van der Waals surface area (Å²) >= 11 is 0. The molecular weight excluding hydrogens is 254 g/mol. The Morgan fingerprint density at radius 1 is 1.40 bits per heavy atom. The Morgan fingerprint density at radius 2 is 2.10 bits per heavy atom. The van der Waals surface area contributed by atoms with Crippen molar-refractivity contribution in [3.05, 3.63) is 22.6 Å². The van der Waals surface area contributed by atoms with E-state index in [1.165, 1.54) is 11.1 Å². The zero-order chi connectivity index (χ0) is 14.5. The third kappa shape index (κ3) is 3.46. The van der Waals surface area contributed by atoms with Gasteiger partial charge in [-0.15, -0.1) is 0 Å². The summed E-state index contributed by atoms with van der Waals surface area (Å²) in [6.07, 6.45) is 7.05. The van der Waals surface area contributed by atoms with Gasteiger partial charge in [0.25, 0.3) is 5.56 Å². The maximum atomic E-state index is 12.2. The largest absolute Gasteiger partial charge is 0.373 e. The predicted octanol–water partition coefficient (Wildman–Crippen LogP) is 1.85. The smallest absolute Gasteiger partial charge is 0.269 e. The second-order valence-electron chi connectivity index (χ2n) is 5.53. The molecule has 0 unspecified atom stereocenters. The summed E-state index contributed by atoms with van der Waals surface area (Å²) in [7, 11) is 1.91. The summed E-state index contributed by atoms with van der Waals surface area (Å²) in [6, 6.07) is 1.55. The highest BCUT2D eigenvalue weighted by atomic mass is 16.1. The number of hydrogen-bond acceptors (Lipinski definition) is 4. The van der Waals surface area contributed by atoms with Crippen molar-refractivity contribution in [1.82, 2.24) is 9.78 Å². The van der Waals surface area contributed by atoms with Gasteiger partial charge in [-0.2, -0.15) is 5.10 Å². The molecule has 0 amide bonds. The standard InChI is InChI=1S/C15H23N3O2/c1-3-17(2)13-9-15(20)18(16-10-13)11-14(19)12-7-5-4-6-8-12/h9-10,12H,3-8,11H2,1-2H3. The summed E-state index contributed by atoms with van der Waals surface area (Å²) in [6.45, 7) is 2.93. The van der Waals surface area contributed by atoms with Gasteiger partial charge in [-0.1, -0.05) is 19.3 Å². The molecule has 0 atom stereocenters. The first-order valence-corrected chi connectivity index (χ1v) is 7.43. The number of rotatable bonds is 5. The molecule has 0 spiro atoms. The highest BCUT2D eigenvalue weighted by molar-refractivity contribution is 5.80. The van der Waals surface area contributed by atoms with Gasteiger partial charge >= 0.3 is 0 Å². The zero-order valence-corrected chi connectivity index (χ0v) is 12.3. The number of ketones is 1. The summed E-state index contributed by atoms with van der Waals surface area (Å²) < 4.78 is 1.28. The fourth-order valence-corrected chi connectivity index (χ4v) is 2.64. The van der Waals surface area contributed by atoms with Gasteiger partial charge in [0, 0.05) is 25.6 Å². The molecule has 110 valence electrons. The first kappa shape index (κ1) is 14.8. The Balaban J connectivity index is 2.06. The average Bonchev–Trinajstić information content (AvgIpc) is 2.49. The van der Waals surface area contributed by atoms with E-state index >= 15 is 0 Å². The fraction of sp³-hybridized carbons (Fsp3) is 0.667. The van der Waals surface area contributed by atoms with Gasteiger partial charge in [-0.25, -0.2) is 4.68 Å². The van der Waals surface area contributed by atoms with Gasteiger partial charge in [0.1, 0.15) is 6.54 Å². The monoisotopic (exact) mass is 277 g/mol. The quantitative estimate of drug-likeness (QED) is 0.824. The minimum Gasteiger partial charge on any atom is -0.373 e. The third-order valence-electron chi connectivity index (χ3n) is 4.14. The lowest BCUT2D eigenvalue weighted by atomic mass is 9.86. The Bertz CT molecular complexity index is 518. The van der Waals surface area contributed by atoms with E-state index in [-0.39, 0.29) is 23.8 Å². The number of nitrogens with zero attached hydrogens (tertiary/aromatic N) is 3. The summed E-state index contributed by atoms with van der Waals surface area (Å²) in [5.41, 5.74) is 0.589. The van der Waals surface area contributed by atoms with Crippen molar-refractivity contribution in [2.24, 2.45) is 5.92 Å². The lowest BCUT2D eigenvalue weighted by Crippen LogP contribution is -2.31. The van der Waals surface area contributed by atoms with Crippen LogP contribution in [0.2, 0.25) is 0 Å². The number of carbonyl (C=O) groups excluding carboxylic acids is 1. The number of carbonyl (C=O) groups is 1. The van der Waals surface area contributed by atoms with Crippen molar-refractivity contribution >= 4 is 11.5 Å². The molecule has 0 radical (unpaired) electrons. The van der Waals surface area contributed by atoms with Crippen LogP contribution >= 0.6 is 0 Å². The van der Waals surface area contributed by atoms with Crippen molar-refractivity contribution < 1.29 is 4.79 Å². The normalized spacial score (nSPS) is 16.1. The van der Waals surface area contributed by atoms with Crippen LogP contribution in [0, 0.1) is 5.92 Å². The molecule has 0 aliphatic heterocycles. The van der Waals surface area contributed by atoms with Crippen LogP contribution in [0.25, 0.3) is 0 Å². The van der Waals surface area contributed by atoms with Crippen LogP contribution in [-0.2, 0) is 11.3 Å². The topological polar surface area (TPSA) is 55.2 Å². The molecule has 1 fully saturated rings. The number of hydrogen-bond donors (Lipinski definition) is 0. The molecule has 5 nitrogen and oxygen atoms in total. The van der Waals surface area contributed by atoms with E-state index in [1.54, 1.807) is 12.3 Å². The van der Waals surface area contributed by atoms with Crippen molar-refractivity contribution in [3.8, 4) is 0 Å². The van der Waals surface area contributed by atoms with E-state index in [4.69, 9.17) is 0 Å². The van der Waals surface area contributed by atoms with Gasteiger partial charge in [0.2, 0.25) is 0 Å². The molecule has 1 heterocycles. The van der Waals surface area contributed by atoms with Crippen LogP contribution in [0.15, 0.2) is 17.1 Å². The van der Waals surface area contributed by atoms with E-state index in [2.05, 4.69) is 5.10 Å². The molecule has 0 saturated heterocycles. The molecule has 2 rings (SSSR count). The first-order valence-electron chi connectivity index (χ1n) is 7.43. The fourth-order valence-electron chi connectivity index (χ4n) is 2.64. The molecular formula is C15H23N3O2.